The standard InChI is InChI=1S/C14H23N3/c1-11-9-12(15)10-16-14(11)17-13-7-5-3-2-4-6-8-13/h9-10,13H,2-8,15H2,1H3,(H,16,17). The molecule has 3 N–H and O–H groups in total. The highest BCUT2D eigenvalue weighted by Crippen LogP contribution is 2.22. The molecular weight excluding hydrogens is 210 g/mol. The Bertz CT molecular complexity index is 354. The molecule has 17 heavy (non-hydrogen) atoms. The monoisotopic (exact) mass is 233 g/mol. The first-order valence-electron chi connectivity index (χ1n) is 6.74. The quantitative estimate of drug-likeness (QED) is 0.822. The van der Waals surface area contributed by atoms with E-state index in [2.05, 4.69) is 17.2 Å². The molecule has 1 aromatic heterocycles. The Hall–Kier alpha value is -1.25. The Morgan fingerprint density at radius 3 is 2.47 bits per heavy atom. The SMILES string of the molecule is Cc1cc(N)cnc1NC1CCCCCCC1. The number of hydrogen-bond donors (Lipinski definition) is 2. The number of nitrogens with one attached hydrogen (secondary N) is 1. The van der Waals surface area contributed by atoms with Crippen LogP contribution in [-0.2, 0) is 0 Å². The minimum Gasteiger partial charge on any atom is -0.397 e. The van der Waals surface area contributed by atoms with Crippen molar-refractivity contribution in [3.05, 3.63) is 17.8 Å². The zero-order chi connectivity index (χ0) is 12.1. The van der Waals surface area contributed by atoms with Crippen molar-refractivity contribution in [2.75, 3.05) is 11.1 Å². The Balaban J connectivity index is 1.98. The fourth-order valence-electron chi connectivity index (χ4n) is 2.54. The molecule has 0 bridgehead atoms. The van der Waals surface area contributed by atoms with Gasteiger partial charge in [0, 0.05) is 6.04 Å². The molecule has 0 saturated heterocycles. The van der Waals surface area contributed by atoms with E-state index in [0.29, 0.717) is 6.04 Å². The maximum absolute atomic E-state index is 5.72. The van der Waals surface area contributed by atoms with Crippen LogP contribution in [0, 0.1) is 6.92 Å². The number of anilines is 2. The van der Waals surface area contributed by atoms with Crippen LogP contribution in [0.1, 0.15) is 50.5 Å². The Labute approximate surface area is 104 Å². The lowest BCUT2D eigenvalue weighted by atomic mass is 9.96. The van der Waals surface area contributed by atoms with E-state index in [-0.39, 0.29) is 0 Å². The van der Waals surface area contributed by atoms with Gasteiger partial charge >= 0.3 is 0 Å². The van der Waals surface area contributed by atoms with E-state index in [0.717, 1.165) is 17.1 Å². The van der Waals surface area contributed by atoms with Crippen molar-refractivity contribution in [2.24, 2.45) is 0 Å². The molecule has 0 atom stereocenters. The molecule has 0 unspecified atom stereocenters. The van der Waals surface area contributed by atoms with E-state index in [4.69, 9.17) is 5.73 Å². The first kappa shape index (κ1) is 12.2. The van der Waals surface area contributed by atoms with Crippen molar-refractivity contribution < 1.29 is 0 Å². The first-order chi connectivity index (χ1) is 8.25. The van der Waals surface area contributed by atoms with Gasteiger partial charge in [0.2, 0.25) is 0 Å². The van der Waals surface area contributed by atoms with Gasteiger partial charge in [0.25, 0.3) is 0 Å². The third-order valence-electron chi connectivity index (χ3n) is 3.55. The van der Waals surface area contributed by atoms with E-state index in [1.54, 1.807) is 6.20 Å². The van der Waals surface area contributed by atoms with Crippen LogP contribution >= 0.6 is 0 Å². The fourth-order valence-corrected chi connectivity index (χ4v) is 2.54. The predicted octanol–water partition coefficient (Wildman–Crippen LogP) is 3.50. The van der Waals surface area contributed by atoms with Gasteiger partial charge in [0.1, 0.15) is 5.82 Å². The lowest BCUT2D eigenvalue weighted by Crippen LogP contribution is -2.21. The maximum atomic E-state index is 5.72. The summed E-state index contributed by atoms with van der Waals surface area (Å²) in [4.78, 5) is 4.39. The Morgan fingerprint density at radius 1 is 1.18 bits per heavy atom. The highest BCUT2D eigenvalue weighted by molar-refractivity contribution is 5.51. The van der Waals surface area contributed by atoms with Crippen molar-refractivity contribution in [1.29, 1.82) is 0 Å². The summed E-state index contributed by atoms with van der Waals surface area (Å²) in [6.45, 7) is 2.06. The van der Waals surface area contributed by atoms with Crippen LogP contribution < -0.4 is 11.1 Å². The first-order valence-corrected chi connectivity index (χ1v) is 6.74. The summed E-state index contributed by atoms with van der Waals surface area (Å²) in [5.74, 6) is 1.00. The van der Waals surface area contributed by atoms with E-state index >= 15 is 0 Å². The smallest absolute Gasteiger partial charge is 0.129 e. The van der Waals surface area contributed by atoms with Gasteiger partial charge in [0.05, 0.1) is 11.9 Å². The molecule has 0 aliphatic heterocycles. The lowest BCUT2D eigenvalue weighted by molar-refractivity contribution is 0.470. The predicted molar refractivity (Wildman–Crippen MR) is 73.1 cm³/mol. The average Bonchev–Trinajstić information content (AvgIpc) is 2.25. The molecule has 2 rings (SSSR count). The second kappa shape index (κ2) is 5.89. The minimum absolute atomic E-state index is 0.588. The molecule has 0 radical (unpaired) electrons. The summed E-state index contributed by atoms with van der Waals surface area (Å²) in [5.41, 5.74) is 7.60. The number of nitrogens with zero attached hydrogens (tertiary/aromatic N) is 1. The number of nitrogens with two attached hydrogens (primary N) is 1. The van der Waals surface area contributed by atoms with E-state index in [1.165, 1.54) is 44.9 Å². The van der Waals surface area contributed by atoms with Crippen molar-refractivity contribution >= 4 is 11.5 Å². The summed E-state index contributed by atoms with van der Waals surface area (Å²) in [6.07, 6.45) is 11.1. The van der Waals surface area contributed by atoms with Crippen molar-refractivity contribution in [3.8, 4) is 0 Å². The molecule has 3 heteroatoms. The summed E-state index contributed by atoms with van der Waals surface area (Å²) in [6, 6.07) is 2.57. The average molecular weight is 233 g/mol. The molecule has 1 saturated carbocycles. The second-order valence-electron chi connectivity index (χ2n) is 5.12. The fraction of sp³-hybridized carbons (Fsp3) is 0.643. The molecule has 0 aromatic carbocycles. The van der Waals surface area contributed by atoms with Crippen LogP contribution in [0.25, 0.3) is 0 Å². The topological polar surface area (TPSA) is 50.9 Å². The van der Waals surface area contributed by atoms with Gasteiger partial charge in [-0.3, -0.25) is 0 Å². The molecule has 1 heterocycles. The van der Waals surface area contributed by atoms with Gasteiger partial charge in [-0.15, -0.1) is 0 Å². The third kappa shape index (κ3) is 3.62. The van der Waals surface area contributed by atoms with Crippen LogP contribution in [0.4, 0.5) is 11.5 Å². The highest BCUT2D eigenvalue weighted by Gasteiger charge is 2.12. The van der Waals surface area contributed by atoms with Gasteiger partial charge in [0.15, 0.2) is 0 Å². The number of aromatic nitrogens is 1. The van der Waals surface area contributed by atoms with Crippen LogP contribution in [0.15, 0.2) is 12.3 Å². The van der Waals surface area contributed by atoms with Gasteiger partial charge in [-0.05, 0) is 31.4 Å². The molecular formula is C14H23N3. The minimum atomic E-state index is 0.588. The van der Waals surface area contributed by atoms with Crippen molar-refractivity contribution in [3.63, 3.8) is 0 Å². The van der Waals surface area contributed by atoms with Crippen LogP contribution in [-0.4, -0.2) is 11.0 Å². The third-order valence-corrected chi connectivity index (χ3v) is 3.55. The molecule has 1 fully saturated rings. The normalized spacial score (nSPS) is 18.4. The highest BCUT2D eigenvalue weighted by atomic mass is 15.0. The molecule has 3 nitrogen and oxygen atoms in total. The van der Waals surface area contributed by atoms with Crippen molar-refractivity contribution in [2.45, 2.75) is 57.9 Å². The zero-order valence-electron chi connectivity index (χ0n) is 10.7. The Morgan fingerprint density at radius 2 is 1.82 bits per heavy atom. The van der Waals surface area contributed by atoms with Crippen LogP contribution in [0.2, 0.25) is 0 Å². The van der Waals surface area contributed by atoms with Gasteiger partial charge in [-0.1, -0.05) is 32.1 Å². The molecule has 94 valence electrons. The number of nitrogen functional groups attached to an aromatic ring is 1. The van der Waals surface area contributed by atoms with Gasteiger partial charge in [-0.25, -0.2) is 4.98 Å². The van der Waals surface area contributed by atoms with Crippen molar-refractivity contribution in [1.82, 2.24) is 4.98 Å². The van der Waals surface area contributed by atoms with E-state index < -0.39 is 0 Å². The molecule has 0 amide bonds. The van der Waals surface area contributed by atoms with Crippen LogP contribution in [0.5, 0.6) is 0 Å². The molecule has 1 aliphatic carbocycles. The molecule has 1 aromatic rings. The summed E-state index contributed by atoms with van der Waals surface area (Å²) in [7, 11) is 0. The van der Waals surface area contributed by atoms with Gasteiger partial charge < -0.3 is 11.1 Å². The summed E-state index contributed by atoms with van der Waals surface area (Å²) in [5, 5.41) is 3.58. The summed E-state index contributed by atoms with van der Waals surface area (Å²) < 4.78 is 0. The number of aryl methyl sites for hydroxylation is 1. The molecule has 1 aliphatic rings. The summed E-state index contributed by atoms with van der Waals surface area (Å²) >= 11 is 0. The van der Waals surface area contributed by atoms with Crippen LogP contribution in [0.3, 0.4) is 0 Å². The largest absolute Gasteiger partial charge is 0.397 e. The molecule has 0 spiro atoms. The Kier molecular flexibility index (Phi) is 4.24. The zero-order valence-corrected chi connectivity index (χ0v) is 10.7. The number of rotatable bonds is 2. The maximum Gasteiger partial charge on any atom is 0.129 e. The second-order valence-corrected chi connectivity index (χ2v) is 5.12. The number of pyridine rings is 1. The number of hydrogen-bond acceptors (Lipinski definition) is 3. The van der Waals surface area contributed by atoms with E-state index in [1.807, 2.05) is 6.07 Å². The lowest BCUT2D eigenvalue weighted by Gasteiger charge is -2.22. The van der Waals surface area contributed by atoms with E-state index in [9.17, 15) is 0 Å². The van der Waals surface area contributed by atoms with Gasteiger partial charge in [-0.2, -0.15) is 0 Å².